The minimum Gasteiger partial charge on any atom is -0.409 e. The topological polar surface area (TPSA) is 44.1 Å². The molecule has 0 aliphatic rings. The molecular weight excluding hydrogens is 204 g/mol. The lowest BCUT2D eigenvalue weighted by Crippen LogP contribution is -2.19. The summed E-state index contributed by atoms with van der Waals surface area (Å²) in [6.07, 6.45) is -0.489. The molecule has 0 unspecified atom stereocenters. The van der Waals surface area contributed by atoms with E-state index in [2.05, 4.69) is 5.10 Å². The molecule has 0 aliphatic carbocycles. The second kappa shape index (κ2) is 4.18. The van der Waals surface area contributed by atoms with E-state index in [0.717, 1.165) is 11.4 Å². The molecule has 1 aromatic heterocycles. The number of para-hydroxylation sites is 1. The first kappa shape index (κ1) is 10.4. The van der Waals surface area contributed by atoms with Crippen LogP contribution in [0.4, 0.5) is 4.79 Å². The van der Waals surface area contributed by atoms with Crippen LogP contribution in [0.25, 0.3) is 0 Å². The predicted octanol–water partition coefficient (Wildman–Crippen LogP) is 2.55. The number of benzene rings is 1. The number of hydrogen-bond donors (Lipinski definition) is 0. The first-order chi connectivity index (χ1) is 7.66. The molecule has 1 aromatic carbocycles. The van der Waals surface area contributed by atoms with Gasteiger partial charge in [0.25, 0.3) is 0 Å². The fourth-order valence-corrected chi connectivity index (χ4v) is 1.45. The van der Waals surface area contributed by atoms with E-state index < -0.39 is 6.09 Å². The standard InChI is InChI=1S/C12H12N2O2/c1-9-8-10(2)14(13-9)12(15)16-11-6-4-3-5-7-11/h3-8H,1-2H3. The van der Waals surface area contributed by atoms with E-state index >= 15 is 0 Å². The monoisotopic (exact) mass is 216 g/mol. The van der Waals surface area contributed by atoms with Crippen molar-refractivity contribution in [2.24, 2.45) is 0 Å². The number of ether oxygens (including phenoxy) is 1. The molecular formula is C12H12N2O2. The van der Waals surface area contributed by atoms with E-state index in [-0.39, 0.29) is 0 Å². The van der Waals surface area contributed by atoms with Crippen LogP contribution in [0.15, 0.2) is 36.4 Å². The average molecular weight is 216 g/mol. The maximum atomic E-state index is 11.7. The second-order valence-electron chi connectivity index (χ2n) is 3.52. The number of carbonyl (C=O) groups excluding carboxylic acids is 1. The molecule has 0 saturated heterocycles. The van der Waals surface area contributed by atoms with Gasteiger partial charge in [0.1, 0.15) is 5.75 Å². The number of aryl methyl sites for hydroxylation is 2. The molecule has 0 bridgehead atoms. The molecule has 0 amide bonds. The Morgan fingerprint density at radius 1 is 1.25 bits per heavy atom. The first-order valence-electron chi connectivity index (χ1n) is 4.97. The summed E-state index contributed by atoms with van der Waals surface area (Å²) in [5.74, 6) is 0.514. The van der Waals surface area contributed by atoms with Crippen LogP contribution in [-0.4, -0.2) is 15.9 Å². The van der Waals surface area contributed by atoms with E-state index in [0.29, 0.717) is 5.75 Å². The Morgan fingerprint density at radius 2 is 1.94 bits per heavy atom. The van der Waals surface area contributed by atoms with Crippen molar-refractivity contribution in [2.45, 2.75) is 13.8 Å². The van der Waals surface area contributed by atoms with E-state index in [4.69, 9.17) is 4.74 Å². The van der Waals surface area contributed by atoms with Crippen molar-refractivity contribution in [3.05, 3.63) is 47.8 Å². The second-order valence-corrected chi connectivity index (χ2v) is 3.52. The van der Waals surface area contributed by atoms with Crippen molar-refractivity contribution < 1.29 is 9.53 Å². The Balaban J connectivity index is 2.18. The zero-order chi connectivity index (χ0) is 11.5. The maximum absolute atomic E-state index is 11.7. The van der Waals surface area contributed by atoms with Crippen molar-refractivity contribution in [3.8, 4) is 5.75 Å². The summed E-state index contributed by atoms with van der Waals surface area (Å²) in [7, 11) is 0. The molecule has 82 valence electrons. The van der Waals surface area contributed by atoms with Crippen molar-refractivity contribution in [1.29, 1.82) is 0 Å². The Hall–Kier alpha value is -2.10. The third-order valence-corrected chi connectivity index (χ3v) is 2.13. The molecule has 1 heterocycles. The zero-order valence-corrected chi connectivity index (χ0v) is 9.18. The summed E-state index contributed by atoms with van der Waals surface area (Å²) in [4.78, 5) is 11.7. The maximum Gasteiger partial charge on any atom is 0.440 e. The minimum atomic E-state index is -0.489. The summed E-state index contributed by atoms with van der Waals surface area (Å²) in [5, 5.41) is 4.05. The molecule has 2 rings (SSSR count). The third-order valence-electron chi connectivity index (χ3n) is 2.13. The van der Waals surface area contributed by atoms with Gasteiger partial charge in [-0.1, -0.05) is 18.2 Å². The fraction of sp³-hybridized carbons (Fsp3) is 0.167. The summed E-state index contributed by atoms with van der Waals surface area (Å²) >= 11 is 0. The largest absolute Gasteiger partial charge is 0.440 e. The van der Waals surface area contributed by atoms with Crippen molar-refractivity contribution in [3.63, 3.8) is 0 Å². The van der Waals surface area contributed by atoms with E-state index in [1.165, 1.54) is 4.68 Å². The van der Waals surface area contributed by atoms with E-state index in [1.807, 2.05) is 38.1 Å². The smallest absolute Gasteiger partial charge is 0.409 e. The fourth-order valence-electron chi connectivity index (χ4n) is 1.45. The molecule has 4 nitrogen and oxygen atoms in total. The van der Waals surface area contributed by atoms with Gasteiger partial charge in [0.2, 0.25) is 0 Å². The van der Waals surface area contributed by atoms with Gasteiger partial charge in [-0.15, -0.1) is 0 Å². The lowest BCUT2D eigenvalue weighted by Gasteiger charge is -2.04. The lowest BCUT2D eigenvalue weighted by molar-refractivity contribution is 0.198. The van der Waals surface area contributed by atoms with Gasteiger partial charge in [-0.3, -0.25) is 0 Å². The lowest BCUT2D eigenvalue weighted by atomic mass is 10.3. The molecule has 0 atom stereocenters. The first-order valence-corrected chi connectivity index (χ1v) is 4.97. The normalized spacial score (nSPS) is 10.1. The van der Waals surface area contributed by atoms with Crippen molar-refractivity contribution in [2.75, 3.05) is 0 Å². The van der Waals surface area contributed by atoms with Gasteiger partial charge in [0, 0.05) is 5.69 Å². The van der Waals surface area contributed by atoms with Crippen molar-refractivity contribution in [1.82, 2.24) is 9.78 Å². The quantitative estimate of drug-likeness (QED) is 0.735. The number of hydrogen-bond acceptors (Lipinski definition) is 3. The molecule has 2 aromatic rings. The molecule has 0 spiro atoms. The molecule has 16 heavy (non-hydrogen) atoms. The highest BCUT2D eigenvalue weighted by Crippen LogP contribution is 2.10. The van der Waals surface area contributed by atoms with Crippen LogP contribution in [0.3, 0.4) is 0 Å². The van der Waals surface area contributed by atoms with Gasteiger partial charge >= 0.3 is 6.09 Å². The molecule has 0 radical (unpaired) electrons. The van der Waals surface area contributed by atoms with Crippen LogP contribution >= 0.6 is 0 Å². The van der Waals surface area contributed by atoms with Gasteiger partial charge in [-0.2, -0.15) is 9.78 Å². The van der Waals surface area contributed by atoms with Gasteiger partial charge in [0.15, 0.2) is 0 Å². The molecule has 0 saturated carbocycles. The highest BCUT2D eigenvalue weighted by atomic mass is 16.6. The van der Waals surface area contributed by atoms with Gasteiger partial charge in [-0.05, 0) is 32.0 Å². The Bertz CT molecular complexity index is 503. The van der Waals surface area contributed by atoms with Crippen LogP contribution in [0.2, 0.25) is 0 Å². The summed E-state index contributed by atoms with van der Waals surface area (Å²) in [6, 6.07) is 10.8. The van der Waals surface area contributed by atoms with Crippen LogP contribution in [0.5, 0.6) is 5.75 Å². The van der Waals surface area contributed by atoms with Crippen LogP contribution in [0, 0.1) is 13.8 Å². The summed E-state index contributed by atoms with van der Waals surface area (Å²) in [5.41, 5.74) is 1.56. The number of aromatic nitrogens is 2. The molecule has 4 heteroatoms. The van der Waals surface area contributed by atoms with E-state index in [1.54, 1.807) is 12.1 Å². The van der Waals surface area contributed by atoms with E-state index in [9.17, 15) is 4.79 Å². The van der Waals surface area contributed by atoms with Gasteiger partial charge in [-0.25, -0.2) is 4.79 Å². The summed E-state index contributed by atoms with van der Waals surface area (Å²) < 4.78 is 6.41. The van der Waals surface area contributed by atoms with Crippen molar-refractivity contribution >= 4 is 6.09 Å². The minimum absolute atomic E-state index is 0.489. The highest BCUT2D eigenvalue weighted by molar-refractivity contribution is 5.73. The number of nitrogens with zero attached hydrogens (tertiary/aromatic N) is 2. The number of rotatable bonds is 1. The zero-order valence-electron chi connectivity index (χ0n) is 9.18. The van der Waals surface area contributed by atoms with Gasteiger partial charge in [0.05, 0.1) is 5.69 Å². The van der Waals surface area contributed by atoms with Gasteiger partial charge < -0.3 is 4.74 Å². The molecule has 0 N–H and O–H groups in total. The molecule has 0 fully saturated rings. The molecule has 0 aliphatic heterocycles. The Labute approximate surface area is 93.5 Å². The van der Waals surface area contributed by atoms with Crippen LogP contribution in [-0.2, 0) is 0 Å². The third kappa shape index (κ3) is 2.11. The average Bonchev–Trinajstić information content (AvgIpc) is 2.59. The van der Waals surface area contributed by atoms with Crippen LogP contribution in [0.1, 0.15) is 11.4 Å². The Morgan fingerprint density at radius 3 is 2.50 bits per heavy atom. The highest BCUT2D eigenvalue weighted by Gasteiger charge is 2.11. The Kier molecular flexibility index (Phi) is 2.72. The van der Waals surface area contributed by atoms with Crippen LogP contribution < -0.4 is 4.74 Å². The number of carbonyl (C=O) groups is 1. The summed E-state index contributed by atoms with van der Waals surface area (Å²) in [6.45, 7) is 3.64. The SMILES string of the molecule is Cc1cc(C)n(C(=O)Oc2ccccc2)n1. The predicted molar refractivity (Wildman–Crippen MR) is 59.6 cm³/mol.